The zero-order valence-corrected chi connectivity index (χ0v) is 10.9. The number of nitrogens with one attached hydrogen (secondary N) is 1. The van der Waals surface area contributed by atoms with Gasteiger partial charge in [-0.1, -0.05) is 0 Å². The van der Waals surface area contributed by atoms with Crippen LogP contribution in [0.5, 0.6) is 0 Å². The number of rotatable bonds is 4. The Morgan fingerprint density at radius 2 is 2.35 bits per heavy atom. The van der Waals surface area contributed by atoms with E-state index >= 15 is 0 Å². The van der Waals surface area contributed by atoms with Gasteiger partial charge in [0.2, 0.25) is 0 Å². The Labute approximate surface area is 116 Å². The molecule has 1 aliphatic rings. The topological polar surface area (TPSA) is 88.7 Å². The van der Waals surface area contributed by atoms with Crippen molar-refractivity contribution in [2.45, 2.75) is 25.5 Å². The standard InChI is InChI=1S/C13H14N6O/c14-4-10-5-16-13(7-15-10)18-11-6-17-19(8-11)9-12-2-1-3-20-12/h5-8,12H,1-3,9H2,(H,16,18). The summed E-state index contributed by atoms with van der Waals surface area (Å²) in [5.74, 6) is 0.584. The van der Waals surface area contributed by atoms with E-state index in [0.29, 0.717) is 11.5 Å². The molecule has 7 nitrogen and oxygen atoms in total. The van der Waals surface area contributed by atoms with Gasteiger partial charge in [0.15, 0.2) is 5.69 Å². The fourth-order valence-electron chi connectivity index (χ4n) is 2.12. The second-order valence-electron chi connectivity index (χ2n) is 4.61. The average molecular weight is 270 g/mol. The SMILES string of the molecule is N#Cc1cnc(Nc2cnn(CC3CCCO3)c2)cn1. The number of hydrogen-bond acceptors (Lipinski definition) is 6. The Hall–Kier alpha value is -2.46. The highest BCUT2D eigenvalue weighted by atomic mass is 16.5. The summed E-state index contributed by atoms with van der Waals surface area (Å²) < 4.78 is 7.43. The Morgan fingerprint density at radius 3 is 3.05 bits per heavy atom. The van der Waals surface area contributed by atoms with Crippen LogP contribution in [0.25, 0.3) is 0 Å². The zero-order chi connectivity index (χ0) is 13.8. The first-order chi connectivity index (χ1) is 9.83. The summed E-state index contributed by atoms with van der Waals surface area (Å²) >= 11 is 0. The number of ether oxygens (including phenoxy) is 1. The van der Waals surface area contributed by atoms with Crippen molar-refractivity contribution >= 4 is 11.5 Å². The van der Waals surface area contributed by atoms with Crippen LogP contribution in [0.15, 0.2) is 24.8 Å². The van der Waals surface area contributed by atoms with Crippen molar-refractivity contribution in [1.82, 2.24) is 19.7 Å². The van der Waals surface area contributed by atoms with Crippen LogP contribution in [0.1, 0.15) is 18.5 Å². The molecule has 0 aromatic carbocycles. The average Bonchev–Trinajstić information content (AvgIpc) is 3.12. The van der Waals surface area contributed by atoms with Crippen molar-refractivity contribution in [2.75, 3.05) is 11.9 Å². The van der Waals surface area contributed by atoms with E-state index < -0.39 is 0 Å². The molecule has 102 valence electrons. The highest BCUT2D eigenvalue weighted by Gasteiger charge is 2.16. The van der Waals surface area contributed by atoms with E-state index in [1.54, 1.807) is 6.20 Å². The minimum absolute atomic E-state index is 0.262. The lowest BCUT2D eigenvalue weighted by atomic mass is 10.2. The quantitative estimate of drug-likeness (QED) is 0.905. The van der Waals surface area contributed by atoms with Crippen LogP contribution in [-0.4, -0.2) is 32.5 Å². The molecule has 0 radical (unpaired) electrons. The Morgan fingerprint density at radius 1 is 1.40 bits per heavy atom. The summed E-state index contributed by atoms with van der Waals surface area (Å²) in [7, 11) is 0. The van der Waals surface area contributed by atoms with Crippen LogP contribution >= 0.6 is 0 Å². The third kappa shape index (κ3) is 2.92. The molecule has 1 unspecified atom stereocenters. The molecule has 0 aliphatic carbocycles. The van der Waals surface area contributed by atoms with E-state index in [0.717, 1.165) is 31.7 Å². The summed E-state index contributed by atoms with van der Waals surface area (Å²) in [6.45, 7) is 1.61. The molecular formula is C13H14N6O. The van der Waals surface area contributed by atoms with Crippen LogP contribution in [-0.2, 0) is 11.3 Å². The molecule has 1 atom stereocenters. The maximum absolute atomic E-state index is 8.66. The Bertz CT molecular complexity index is 609. The van der Waals surface area contributed by atoms with Crippen LogP contribution in [0.2, 0.25) is 0 Å². The first-order valence-electron chi connectivity index (χ1n) is 6.47. The van der Waals surface area contributed by atoms with Crippen LogP contribution in [0, 0.1) is 11.3 Å². The third-order valence-electron chi connectivity index (χ3n) is 3.09. The highest BCUT2D eigenvalue weighted by molar-refractivity contribution is 5.52. The van der Waals surface area contributed by atoms with Gasteiger partial charge < -0.3 is 10.1 Å². The molecular weight excluding hydrogens is 256 g/mol. The predicted octanol–water partition coefficient (Wildman–Crippen LogP) is 1.47. The molecule has 3 heterocycles. The van der Waals surface area contributed by atoms with Crippen molar-refractivity contribution in [1.29, 1.82) is 5.26 Å². The normalized spacial score (nSPS) is 17.9. The summed E-state index contributed by atoms with van der Waals surface area (Å²) in [6.07, 6.45) is 9.06. The smallest absolute Gasteiger partial charge is 0.158 e. The first kappa shape index (κ1) is 12.6. The largest absolute Gasteiger partial charge is 0.376 e. The molecule has 1 saturated heterocycles. The second-order valence-corrected chi connectivity index (χ2v) is 4.61. The van der Waals surface area contributed by atoms with Crippen molar-refractivity contribution in [3.63, 3.8) is 0 Å². The van der Waals surface area contributed by atoms with E-state index in [1.807, 2.05) is 16.9 Å². The van der Waals surface area contributed by atoms with E-state index in [4.69, 9.17) is 10.00 Å². The minimum Gasteiger partial charge on any atom is -0.376 e. The fourth-order valence-corrected chi connectivity index (χ4v) is 2.12. The van der Waals surface area contributed by atoms with Crippen molar-refractivity contribution in [2.24, 2.45) is 0 Å². The summed E-state index contributed by atoms with van der Waals surface area (Å²) in [4.78, 5) is 8.05. The van der Waals surface area contributed by atoms with Gasteiger partial charge in [-0.25, -0.2) is 9.97 Å². The summed E-state index contributed by atoms with van der Waals surface area (Å²) in [5.41, 5.74) is 1.13. The van der Waals surface area contributed by atoms with E-state index in [2.05, 4.69) is 20.4 Å². The first-order valence-corrected chi connectivity index (χ1v) is 6.47. The number of hydrogen-bond donors (Lipinski definition) is 1. The monoisotopic (exact) mass is 270 g/mol. The Balaban J connectivity index is 1.62. The van der Waals surface area contributed by atoms with Gasteiger partial charge in [-0.05, 0) is 12.8 Å². The molecule has 1 N–H and O–H groups in total. The number of nitriles is 1. The molecule has 2 aromatic rings. The van der Waals surface area contributed by atoms with E-state index in [1.165, 1.54) is 12.4 Å². The fraction of sp³-hybridized carbons (Fsp3) is 0.385. The number of aromatic nitrogens is 4. The molecule has 20 heavy (non-hydrogen) atoms. The Kier molecular flexibility index (Phi) is 3.56. The van der Waals surface area contributed by atoms with Gasteiger partial charge >= 0.3 is 0 Å². The van der Waals surface area contributed by atoms with Gasteiger partial charge in [-0.3, -0.25) is 4.68 Å². The number of anilines is 2. The van der Waals surface area contributed by atoms with Crippen LogP contribution in [0.3, 0.4) is 0 Å². The van der Waals surface area contributed by atoms with E-state index in [9.17, 15) is 0 Å². The van der Waals surface area contributed by atoms with Crippen LogP contribution < -0.4 is 5.32 Å². The molecule has 0 saturated carbocycles. The minimum atomic E-state index is 0.262. The molecule has 7 heteroatoms. The molecule has 0 bridgehead atoms. The van der Waals surface area contributed by atoms with Gasteiger partial charge in [-0.15, -0.1) is 0 Å². The molecule has 1 aliphatic heterocycles. The van der Waals surface area contributed by atoms with Crippen molar-refractivity contribution in [3.8, 4) is 6.07 Å². The van der Waals surface area contributed by atoms with E-state index in [-0.39, 0.29) is 6.10 Å². The third-order valence-corrected chi connectivity index (χ3v) is 3.09. The van der Waals surface area contributed by atoms with Crippen LogP contribution in [0.4, 0.5) is 11.5 Å². The summed E-state index contributed by atoms with van der Waals surface area (Å²) in [6, 6.07) is 1.93. The molecule has 3 rings (SSSR count). The molecule has 0 amide bonds. The summed E-state index contributed by atoms with van der Waals surface area (Å²) in [5, 5.41) is 16.0. The lowest BCUT2D eigenvalue weighted by Crippen LogP contribution is -2.15. The lowest BCUT2D eigenvalue weighted by Gasteiger charge is -2.08. The van der Waals surface area contributed by atoms with Crippen molar-refractivity contribution in [3.05, 3.63) is 30.5 Å². The number of nitrogens with zero attached hydrogens (tertiary/aromatic N) is 5. The maximum Gasteiger partial charge on any atom is 0.158 e. The predicted molar refractivity (Wildman–Crippen MR) is 71.2 cm³/mol. The van der Waals surface area contributed by atoms with Gasteiger partial charge in [0.25, 0.3) is 0 Å². The maximum atomic E-state index is 8.66. The van der Waals surface area contributed by atoms with Gasteiger partial charge in [0.05, 0.1) is 36.9 Å². The highest BCUT2D eigenvalue weighted by Crippen LogP contribution is 2.16. The molecule has 1 fully saturated rings. The second kappa shape index (κ2) is 5.67. The lowest BCUT2D eigenvalue weighted by molar-refractivity contribution is 0.0940. The van der Waals surface area contributed by atoms with Gasteiger partial charge in [-0.2, -0.15) is 10.4 Å². The van der Waals surface area contributed by atoms with Crippen molar-refractivity contribution < 1.29 is 4.74 Å². The van der Waals surface area contributed by atoms with Gasteiger partial charge in [0, 0.05) is 12.8 Å². The van der Waals surface area contributed by atoms with Gasteiger partial charge in [0.1, 0.15) is 11.9 Å². The molecule has 2 aromatic heterocycles. The zero-order valence-electron chi connectivity index (χ0n) is 10.9. The molecule has 0 spiro atoms.